The van der Waals surface area contributed by atoms with E-state index < -0.39 is 17.6 Å². The molecule has 0 atom stereocenters. The average molecular weight is 307 g/mol. The molecule has 22 heavy (non-hydrogen) atoms. The van der Waals surface area contributed by atoms with Gasteiger partial charge >= 0.3 is 6.18 Å². The normalized spacial score (nSPS) is 11.6. The first-order chi connectivity index (χ1) is 10.4. The highest BCUT2D eigenvalue weighted by molar-refractivity contribution is 5.95. The number of rotatable bonds is 3. The van der Waals surface area contributed by atoms with E-state index >= 15 is 0 Å². The van der Waals surface area contributed by atoms with Gasteiger partial charge in [-0.15, -0.1) is 0 Å². The minimum absolute atomic E-state index is 0.132. The SMILES string of the molecule is Nc1ccc(C(=O)N/N=C/c2ccccc2C(F)(F)F)cc1. The first kappa shape index (κ1) is 15.6. The lowest BCUT2D eigenvalue weighted by molar-refractivity contribution is -0.137. The minimum Gasteiger partial charge on any atom is -0.399 e. The summed E-state index contributed by atoms with van der Waals surface area (Å²) < 4.78 is 38.3. The number of nitrogens with zero attached hydrogens (tertiary/aromatic N) is 1. The number of benzene rings is 2. The van der Waals surface area contributed by atoms with E-state index in [9.17, 15) is 18.0 Å². The molecular weight excluding hydrogens is 295 g/mol. The Bertz CT molecular complexity index is 694. The van der Waals surface area contributed by atoms with Crippen LogP contribution >= 0.6 is 0 Å². The highest BCUT2D eigenvalue weighted by Gasteiger charge is 2.32. The van der Waals surface area contributed by atoms with Crippen molar-refractivity contribution in [3.63, 3.8) is 0 Å². The van der Waals surface area contributed by atoms with Gasteiger partial charge < -0.3 is 5.73 Å². The number of alkyl halides is 3. The highest BCUT2D eigenvalue weighted by atomic mass is 19.4. The zero-order valence-corrected chi connectivity index (χ0v) is 11.3. The van der Waals surface area contributed by atoms with Gasteiger partial charge in [-0.05, 0) is 30.3 Å². The Hall–Kier alpha value is -2.83. The summed E-state index contributed by atoms with van der Waals surface area (Å²) in [6, 6.07) is 11.0. The van der Waals surface area contributed by atoms with E-state index in [1.54, 1.807) is 0 Å². The second-order valence-electron chi connectivity index (χ2n) is 4.41. The predicted molar refractivity (Wildman–Crippen MR) is 77.4 cm³/mol. The fraction of sp³-hybridized carbons (Fsp3) is 0.0667. The molecule has 0 aliphatic heterocycles. The number of halogens is 3. The molecule has 2 aromatic carbocycles. The van der Waals surface area contributed by atoms with E-state index in [2.05, 4.69) is 10.5 Å². The Balaban J connectivity index is 2.10. The first-order valence-corrected chi connectivity index (χ1v) is 6.23. The molecule has 2 rings (SSSR count). The van der Waals surface area contributed by atoms with Gasteiger partial charge in [0.15, 0.2) is 0 Å². The maximum Gasteiger partial charge on any atom is 0.417 e. The molecule has 0 unspecified atom stereocenters. The lowest BCUT2D eigenvalue weighted by Crippen LogP contribution is -2.18. The van der Waals surface area contributed by atoms with Gasteiger partial charge in [0.1, 0.15) is 0 Å². The number of nitrogens with one attached hydrogen (secondary N) is 1. The maximum atomic E-state index is 12.8. The zero-order chi connectivity index (χ0) is 16.2. The monoisotopic (exact) mass is 307 g/mol. The topological polar surface area (TPSA) is 67.5 Å². The lowest BCUT2D eigenvalue weighted by atomic mass is 10.1. The van der Waals surface area contributed by atoms with Gasteiger partial charge in [-0.3, -0.25) is 4.79 Å². The van der Waals surface area contributed by atoms with Crippen LogP contribution in [0.2, 0.25) is 0 Å². The van der Waals surface area contributed by atoms with Crippen molar-refractivity contribution < 1.29 is 18.0 Å². The number of nitrogen functional groups attached to an aromatic ring is 1. The highest BCUT2D eigenvalue weighted by Crippen LogP contribution is 2.30. The molecule has 1 amide bonds. The molecule has 0 saturated carbocycles. The van der Waals surface area contributed by atoms with Crippen molar-refractivity contribution >= 4 is 17.8 Å². The molecule has 0 aromatic heterocycles. The van der Waals surface area contributed by atoms with E-state index in [1.165, 1.54) is 42.5 Å². The summed E-state index contributed by atoms with van der Waals surface area (Å²) >= 11 is 0. The van der Waals surface area contributed by atoms with Crippen molar-refractivity contribution in [2.45, 2.75) is 6.18 Å². The molecular formula is C15H12F3N3O. The first-order valence-electron chi connectivity index (χ1n) is 6.23. The smallest absolute Gasteiger partial charge is 0.399 e. The molecule has 2 aromatic rings. The molecule has 0 heterocycles. The fourth-order valence-electron chi connectivity index (χ4n) is 1.73. The van der Waals surface area contributed by atoms with E-state index in [4.69, 9.17) is 5.73 Å². The molecule has 0 spiro atoms. The molecule has 114 valence electrons. The number of carbonyl (C=O) groups is 1. The molecule has 0 saturated heterocycles. The fourth-order valence-corrected chi connectivity index (χ4v) is 1.73. The molecule has 3 N–H and O–H groups in total. The van der Waals surface area contributed by atoms with Gasteiger partial charge in [-0.2, -0.15) is 18.3 Å². The standard InChI is InChI=1S/C15H12F3N3O/c16-15(17,18)13-4-2-1-3-11(13)9-20-21-14(22)10-5-7-12(19)8-6-10/h1-9H,19H2,(H,21,22)/b20-9+. The summed E-state index contributed by atoms with van der Waals surface area (Å²) in [7, 11) is 0. The van der Waals surface area contributed by atoms with Crippen LogP contribution in [0.5, 0.6) is 0 Å². The third-order valence-electron chi connectivity index (χ3n) is 2.81. The van der Waals surface area contributed by atoms with Crippen LogP contribution in [-0.2, 0) is 6.18 Å². The Morgan fingerprint density at radius 1 is 1.09 bits per heavy atom. The van der Waals surface area contributed by atoms with Crippen LogP contribution in [0.4, 0.5) is 18.9 Å². The number of amides is 1. The molecule has 0 radical (unpaired) electrons. The van der Waals surface area contributed by atoms with Gasteiger partial charge in [-0.1, -0.05) is 18.2 Å². The summed E-state index contributed by atoms with van der Waals surface area (Å²) in [6.07, 6.45) is -3.53. The van der Waals surface area contributed by atoms with Crippen LogP contribution in [0.15, 0.2) is 53.6 Å². The molecule has 0 bridgehead atoms. The van der Waals surface area contributed by atoms with Crippen LogP contribution in [0, 0.1) is 0 Å². The quantitative estimate of drug-likeness (QED) is 0.520. The lowest BCUT2D eigenvalue weighted by Gasteiger charge is -2.09. The Morgan fingerprint density at radius 3 is 2.36 bits per heavy atom. The van der Waals surface area contributed by atoms with Crippen LogP contribution in [0.25, 0.3) is 0 Å². The number of nitrogens with two attached hydrogens (primary N) is 1. The van der Waals surface area contributed by atoms with E-state index in [0.717, 1.165) is 12.3 Å². The average Bonchev–Trinajstić information content (AvgIpc) is 2.47. The number of anilines is 1. The Kier molecular flexibility index (Phi) is 4.45. The van der Waals surface area contributed by atoms with Gasteiger partial charge in [0.05, 0.1) is 11.8 Å². The van der Waals surface area contributed by atoms with Gasteiger partial charge in [0.2, 0.25) is 0 Å². The second-order valence-corrected chi connectivity index (χ2v) is 4.41. The molecule has 0 aliphatic rings. The zero-order valence-electron chi connectivity index (χ0n) is 11.3. The number of hydrogen-bond donors (Lipinski definition) is 2. The number of hydrogen-bond acceptors (Lipinski definition) is 3. The summed E-state index contributed by atoms with van der Waals surface area (Å²) in [5.41, 5.74) is 7.51. The summed E-state index contributed by atoms with van der Waals surface area (Å²) in [6.45, 7) is 0. The van der Waals surface area contributed by atoms with Crippen LogP contribution in [-0.4, -0.2) is 12.1 Å². The van der Waals surface area contributed by atoms with Crippen LogP contribution in [0.3, 0.4) is 0 Å². The van der Waals surface area contributed by atoms with E-state index in [0.29, 0.717) is 11.3 Å². The summed E-state index contributed by atoms with van der Waals surface area (Å²) in [4.78, 5) is 11.7. The van der Waals surface area contributed by atoms with Crippen molar-refractivity contribution in [3.8, 4) is 0 Å². The number of hydrazone groups is 1. The molecule has 0 fully saturated rings. The maximum absolute atomic E-state index is 12.8. The Labute approximate surface area is 124 Å². The van der Waals surface area contributed by atoms with Crippen molar-refractivity contribution in [2.75, 3.05) is 5.73 Å². The molecule has 4 nitrogen and oxygen atoms in total. The number of carbonyl (C=O) groups excluding carboxylic acids is 1. The van der Waals surface area contributed by atoms with Crippen molar-refractivity contribution in [1.82, 2.24) is 5.43 Å². The summed E-state index contributed by atoms with van der Waals surface area (Å²) in [5, 5.41) is 3.56. The van der Waals surface area contributed by atoms with Crippen molar-refractivity contribution in [3.05, 3.63) is 65.2 Å². The van der Waals surface area contributed by atoms with Crippen LogP contribution in [0.1, 0.15) is 21.5 Å². The molecule has 0 aliphatic carbocycles. The van der Waals surface area contributed by atoms with Gasteiger partial charge in [0, 0.05) is 16.8 Å². The summed E-state index contributed by atoms with van der Waals surface area (Å²) in [5.74, 6) is -0.541. The minimum atomic E-state index is -4.48. The predicted octanol–water partition coefficient (Wildman–Crippen LogP) is 3.05. The van der Waals surface area contributed by atoms with Crippen LogP contribution < -0.4 is 11.2 Å². The van der Waals surface area contributed by atoms with E-state index in [1.807, 2.05) is 0 Å². The van der Waals surface area contributed by atoms with Gasteiger partial charge in [-0.25, -0.2) is 5.43 Å². The molecule has 7 heteroatoms. The van der Waals surface area contributed by atoms with E-state index in [-0.39, 0.29) is 5.56 Å². The van der Waals surface area contributed by atoms with Crippen molar-refractivity contribution in [2.24, 2.45) is 5.10 Å². The third-order valence-corrected chi connectivity index (χ3v) is 2.81. The van der Waals surface area contributed by atoms with Crippen molar-refractivity contribution in [1.29, 1.82) is 0 Å². The van der Waals surface area contributed by atoms with Gasteiger partial charge in [0.25, 0.3) is 5.91 Å². The second kappa shape index (κ2) is 6.30. The Morgan fingerprint density at radius 2 is 1.73 bits per heavy atom. The largest absolute Gasteiger partial charge is 0.417 e. The third kappa shape index (κ3) is 3.85.